The Bertz CT molecular complexity index is 659. The second kappa shape index (κ2) is 9.00. The third kappa shape index (κ3) is 4.34. The first-order valence-corrected chi connectivity index (χ1v) is 12.1. The first kappa shape index (κ1) is 22.2. The van der Waals surface area contributed by atoms with Crippen LogP contribution < -0.4 is 27.1 Å². The lowest BCUT2D eigenvalue weighted by molar-refractivity contribution is -0.143. The Balaban J connectivity index is 1.20. The van der Waals surface area contributed by atoms with E-state index >= 15 is 0 Å². The summed E-state index contributed by atoms with van der Waals surface area (Å²) in [5.74, 6) is -0.327. The Morgan fingerprint density at radius 2 is 2.00 bits per heavy atom. The molecule has 5 fully saturated rings. The molecule has 0 saturated carbocycles. The standard InChI is InChI=1S/C20H37ClN8O2/c1-20(11-31-12-20)28-6-4-27(5-7-28)15-2-3-23-9-14(15)25-19(30)16-17(22)26-29-10-13(21)8-24-18(16)29/h13-18,23-24,26H,2-12,22H2,1H3,(H,25,30). The van der Waals surface area contributed by atoms with Crippen LogP contribution in [0.4, 0.5) is 0 Å². The Kier molecular flexibility index (Phi) is 6.46. The van der Waals surface area contributed by atoms with Gasteiger partial charge in [0.2, 0.25) is 5.91 Å². The number of hydrogen-bond donors (Lipinski definition) is 5. The summed E-state index contributed by atoms with van der Waals surface area (Å²) >= 11 is 6.26. The molecule has 5 rings (SSSR count). The number of ether oxygens (including phenoxy) is 1. The Hall–Kier alpha value is -0.560. The van der Waals surface area contributed by atoms with E-state index in [1.807, 2.05) is 5.01 Å². The second-order valence-electron chi connectivity index (χ2n) is 9.97. The van der Waals surface area contributed by atoms with E-state index in [1.165, 1.54) is 0 Å². The second-order valence-corrected chi connectivity index (χ2v) is 10.6. The van der Waals surface area contributed by atoms with E-state index in [2.05, 4.69) is 38.1 Å². The van der Waals surface area contributed by atoms with E-state index in [0.717, 1.165) is 58.9 Å². The van der Waals surface area contributed by atoms with Crippen molar-refractivity contribution < 1.29 is 9.53 Å². The van der Waals surface area contributed by atoms with Gasteiger partial charge in [-0.1, -0.05) is 0 Å². The zero-order valence-electron chi connectivity index (χ0n) is 18.4. The molecule has 0 bridgehead atoms. The molecule has 0 aromatic heterocycles. The molecule has 6 N–H and O–H groups in total. The summed E-state index contributed by atoms with van der Waals surface area (Å²) in [4.78, 5) is 18.5. The molecule has 0 aromatic rings. The van der Waals surface area contributed by atoms with Crippen LogP contribution >= 0.6 is 11.6 Å². The monoisotopic (exact) mass is 456 g/mol. The van der Waals surface area contributed by atoms with E-state index in [1.54, 1.807) is 0 Å². The minimum absolute atomic E-state index is 0.0112. The lowest BCUT2D eigenvalue weighted by Crippen LogP contribution is -2.68. The van der Waals surface area contributed by atoms with Crippen LogP contribution in [0.5, 0.6) is 0 Å². The van der Waals surface area contributed by atoms with Gasteiger partial charge in [-0.15, -0.1) is 11.6 Å². The van der Waals surface area contributed by atoms with E-state index in [9.17, 15) is 4.79 Å². The van der Waals surface area contributed by atoms with Gasteiger partial charge in [0.15, 0.2) is 0 Å². The zero-order valence-corrected chi connectivity index (χ0v) is 19.1. The highest BCUT2D eigenvalue weighted by molar-refractivity contribution is 6.21. The fraction of sp³-hybridized carbons (Fsp3) is 0.950. The maximum Gasteiger partial charge on any atom is 0.229 e. The molecular weight excluding hydrogens is 420 g/mol. The Morgan fingerprint density at radius 3 is 2.71 bits per heavy atom. The van der Waals surface area contributed by atoms with Crippen LogP contribution in [0, 0.1) is 5.92 Å². The van der Waals surface area contributed by atoms with Crippen molar-refractivity contribution in [3.63, 3.8) is 0 Å². The number of rotatable bonds is 4. The van der Waals surface area contributed by atoms with Crippen LogP contribution in [0.15, 0.2) is 0 Å². The number of carbonyl (C=O) groups is 1. The molecule has 5 saturated heterocycles. The van der Waals surface area contributed by atoms with Crippen molar-refractivity contribution in [1.29, 1.82) is 0 Å². The summed E-state index contributed by atoms with van der Waals surface area (Å²) in [5, 5.41) is 12.2. The van der Waals surface area contributed by atoms with Crippen LogP contribution in [0.3, 0.4) is 0 Å². The van der Waals surface area contributed by atoms with Gasteiger partial charge in [0, 0.05) is 51.9 Å². The van der Waals surface area contributed by atoms with Crippen molar-refractivity contribution in [2.24, 2.45) is 11.7 Å². The van der Waals surface area contributed by atoms with Gasteiger partial charge in [-0.25, -0.2) is 10.4 Å². The predicted octanol–water partition coefficient (Wildman–Crippen LogP) is -2.50. The molecular formula is C20H37ClN8O2. The van der Waals surface area contributed by atoms with Crippen molar-refractivity contribution in [3.05, 3.63) is 0 Å². The molecule has 176 valence electrons. The van der Waals surface area contributed by atoms with Gasteiger partial charge in [-0.2, -0.15) is 0 Å². The van der Waals surface area contributed by atoms with Crippen molar-refractivity contribution in [2.45, 2.75) is 48.7 Å². The van der Waals surface area contributed by atoms with Crippen LogP contribution in [0.25, 0.3) is 0 Å². The molecule has 5 heterocycles. The summed E-state index contributed by atoms with van der Waals surface area (Å²) in [7, 11) is 0. The topological polar surface area (TPSA) is 110 Å². The lowest BCUT2D eigenvalue weighted by Gasteiger charge is -2.52. The number of nitrogens with one attached hydrogen (secondary N) is 4. The summed E-state index contributed by atoms with van der Waals surface area (Å²) in [6.07, 6.45) is 0.514. The highest BCUT2D eigenvalue weighted by Gasteiger charge is 2.48. The first-order valence-electron chi connectivity index (χ1n) is 11.7. The predicted molar refractivity (Wildman–Crippen MR) is 118 cm³/mol. The van der Waals surface area contributed by atoms with Crippen molar-refractivity contribution >= 4 is 17.5 Å². The summed E-state index contributed by atoms with van der Waals surface area (Å²) in [5.41, 5.74) is 9.73. The summed E-state index contributed by atoms with van der Waals surface area (Å²) < 4.78 is 5.45. The minimum atomic E-state index is -0.413. The van der Waals surface area contributed by atoms with Gasteiger partial charge in [0.05, 0.1) is 48.4 Å². The number of nitrogens with two attached hydrogens (primary N) is 1. The van der Waals surface area contributed by atoms with Gasteiger partial charge in [0.1, 0.15) is 0 Å². The van der Waals surface area contributed by atoms with Gasteiger partial charge in [0.25, 0.3) is 0 Å². The molecule has 11 heteroatoms. The largest absolute Gasteiger partial charge is 0.377 e. The van der Waals surface area contributed by atoms with Crippen LogP contribution in [-0.2, 0) is 9.53 Å². The lowest BCUT2D eigenvalue weighted by atomic mass is 9.94. The SMILES string of the molecule is CC1(N2CCN(C3CCNCC3NC(=O)C3C(N)NN4CC(Cl)CNC34)CC2)COC1. The van der Waals surface area contributed by atoms with Crippen molar-refractivity contribution in [3.8, 4) is 0 Å². The average molecular weight is 457 g/mol. The van der Waals surface area contributed by atoms with Gasteiger partial charge in [-0.3, -0.25) is 19.9 Å². The molecule has 0 aliphatic carbocycles. The number of carbonyl (C=O) groups excluding carboxylic acids is 1. The molecule has 5 aliphatic heterocycles. The summed E-state index contributed by atoms with van der Waals surface area (Å²) in [6, 6.07) is 0.437. The third-order valence-corrected chi connectivity index (χ3v) is 8.06. The Morgan fingerprint density at radius 1 is 1.23 bits per heavy atom. The first-order chi connectivity index (χ1) is 14.9. The highest BCUT2D eigenvalue weighted by Crippen LogP contribution is 2.27. The molecule has 1 amide bonds. The fourth-order valence-electron chi connectivity index (χ4n) is 5.86. The number of halogens is 1. The number of nitrogens with zero attached hydrogens (tertiary/aromatic N) is 3. The smallest absolute Gasteiger partial charge is 0.229 e. The molecule has 0 radical (unpaired) electrons. The van der Waals surface area contributed by atoms with E-state index in [-0.39, 0.29) is 34.9 Å². The molecule has 10 nitrogen and oxygen atoms in total. The van der Waals surface area contributed by atoms with Crippen molar-refractivity contribution in [1.82, 2.24) is 36.2 Å². The summed E-state index contributed by atoms with van der Waals surface area (Å²) in [6.45, 7) is 11.3. The molecule has 31 heavy (non-hydrogen) atoms. The molecule has 0 spiro atoms. The van der Waals surface area contributed by atoms with Crippen molar-refractivity contribution in [2.75, 3.05) is 65.6 Å². The maximum absolute atomic E-state index is 13.3. The number of piperidine rings is 1. The van der Waals surface area contributed by atoms with Crippen LogP contribution in [0.2, 0.25) is 0 Å². The van der Waals surface area contributed by atoms with Gasteiger partial charge >= 0.3 is 0 Å². The number of amides is 1. The fourth-order valence-corrected chi connectivity index (χ4v) is 6.10. The van der Waals surface area contributed by atoms with Gasteiger partial charge < -0.3 is 21.1 Å². The number of alkyl halides is 1. The van der Waals surface area contributed by atoms with Gasteiger partial charge in [-0.05, 0) is 19.9 Å². The molecule has 6 unspecified atom stereocenters. The number of piperazine rings is 1. The van der Waals surface area contributed by atoms with E-state index in [0.29, 0.717) is 19.1 Å². The van der Waals surface area contributed by atoms with E-state index < -0.39 is 6.17 Å². The number of hydrazine groups is 1. The quantitative estimate of drug-likeness (QED) is 0.293. The molecule has 6 atom stereocenters. The van der Waals surface area contributed by atoms with Crippen LogP contribution in [0.1, 0.15) is 13.3 Å². The number of hydrogen-bond acceptors (Lipinski definition) is 9. The normalized spacial score (nSPS) is 42.0. The maximum atomic E-state index is 13.3. The minimum Gasteiger partial charge on any atom is -0.377 e. The van der Waals surface area contributed by atoms with E-state index in [4.69, 9.17) is 22.1 Å². The van der Waals surface area contributed by atoms with Crippen LogP contribution in [-0.4, -0.2) is 122 Å². The highest BCUT2D eigenvalue weighted by atomic mass is 35.5. The number of fused-ring (bicyclic) bond motifs is 1. The molecule has 0 aromatic carbocycles. The third-order valence-electron chi connectivity index (χ3n) is 7.77. The average Bonchev–Trinajstić information content (AvgIpc) is 3.07. The Labute approximate surface area is 189 Å². The molecule has 5 aliphatic rings. The zero-order chi connectivity index (χ0) is 21.6.